The number of benzene rings is 2. The van der Waals surface area contributed by atoms with Crippen molar-refractivity contribution >= 4 is 15.8 Å². The second kappa shape index (κ2) is 9.93. The molecule has 37 heavy (non-hydrogen) atoms. The van der Waals surface area contributed by atoms with Crippen LogP contribution < -0.4 is 4.74 Å². The molecule has 5 rings (SSSR count). The summed E-state index contributed by atoms with van der Waals surface area (Å²) in [5, 5.41) is 9.31. The van der Waals surface area contributed by atoms with Gasteiger partial charge in [-0.3, -0.25) is 4.79 Å². The van der Waals surface area contributed by atoms with Crippen molar-refractivity contribution < 1.29 is 23.1 Å². The van der Waals surface area contributed by atoms with Gasteiger partial charge in [-0.15, -0.1) is 0 Å². The molecule has 0 saturated heterocycles. The van der Waals surface area contributed by atoms with Crippen LogP contribution in [0.1, 0.15) is 52.1 Å². The van der Waals surface area contributed by atoms with Crippen molar-refractivity contribution in [2.24, 2.45) is 11.8 Å². The molecule has 0 amide bonds. The average Bonchev–Trinajstić information content (AvgIpc) is 3.42. The number of nitrogens with zero attached hydrogens (tertiary/aromatic N) is 1. The molecule has 3 atom stereocenters. The Morgan fingerprint density at radius 1 is 1.08 bits per heavy atom. The highest BCUT2D eigenvalue weighted by Gasteiger charge is 2.59. The van der Waals surface area contributed by atoms with E-state index in [1.807, 2.05) is 18.2 Å². The predicted octanol–water partition coefficient (Wildman–Crippen LogP) is 5.28. The van der Waals surface area contributed by atoms with E-state index >= 15 is 0 Å². The van der Waals surface area contributed by atoms with Crippen LogP contribution in [0.5, 0.6) is 5.88 Å². The molecule has 1 N–H and O–H groups in total. The topological polar surface area (TPSA) is 93.6 Å². The van der Waals surface area contributed by atoms with Gasteiger partial charge in [0.15, 0.2) is 0 Å². The predicted molar refractivity (Wildman–Crippen MR) is 144 cm³/mol. The van der Waals surface area contributed by atoms with Crippen molar-refractivity contribution in [3.8, 4) is 17.0 Å². The lowest BCUT2D eigenvalue weighted by molar-refractivity contribution is -0.139. The number of carboxylic acids is 1. The molecule has 3 aromatic rings. The summed E-state index contributed by atoms with van der Waals surface area (Å²) in [6.45, 7) is 4.65. The first-order chi connectivity index (χ1) is 17.6. The first-order valence-corrected chi connectivity index (χ1v) is 14.9. The van der Waals surface area contributed by atoms with E-state index < -0.39 is 15.8 Å². The number of hydrogen-bond acceptors (Lipinski definition) is 5. The molecular weight excluding hydrogens is 486 g/mol. The highest BCUT2D eigenvalue weighted by Crippen LogP contribution is 2.61. The first-order valence-electron chi connectivity index (χ1n) is 12.8. The van der Waals surface area contributed by atoms with E-state index in [0.29, 0.717) is 18.9 Å². The van der Waals surface area contributed by atoms with Crippen LogP contribution >= 0.6 is 0 Å². The van der Waals surface area contributed by atoms with Gasteiger partial charge in [-0.2, -0.15) is 0 Å². The molecule has 2 aliphatic rings. The van der Waals surface area contributed by atoms with Gasteiger partial charge in [-0.05, 0) is 96.0 Å². The number of aromatic nitrogens is 1. The first kappa shape index (κ1) is 25.5. The summed E-state index contributed by atoms with van der Waals surface area (Å²) in [5.41, 5.74) is 9.28. The summed E-state index contributed by atoms with van der Waals surface area (Å²) in [6.07, 6.45) is 6.29. The monoisotopic (exact) mass is 519 g/mol. The van der Waals surface area contributed by atoms with Crippen LogP contribution in [0.2, 0.25) is 0 Å². The Labute approximate surface area is 218 Å². The fourth-order valence-electron chi connectivity index (χ4n) is 6.00. The van der Waals surface area contributed by atoms with Crippen LogP contribution in [0.4, 0.5) is 0 Å². The maximum atomic E-state index is 11.4. The number of carboxylic acid groups (broad SMARTS) is 1. The zero-order chi connectivity index (χ0) is 26.3. The third-order valence-corrected chi connectivity index (χ3v) is 8.72. The number of rotatable bonds is 10. The molecule has 7 heteroatoms. The highest BCUT2D eigenvalue weighted by molar-refractivity contribution is 7.90. The fourth-order valence-corrected chi connectivity index (χ4v) is 6.73. The standard InChI is InChI=1S/C30H33NO5S/c1-18-11-20(7-4-5-10-37(3,34)35)12-19(2)27(18)22-9-6-8-21(13-22)17-36-26-15-23-14-24-28(25(23)16-31-26)29(24)30(32)33/h6,8-9,11-13,15-16,24,28-29H,4-5,7,10,14,17H2,1-3H3,(H,32,33)/t24-,28-,29+/m1/s1. The maximum Gasteiger partial charge on any atom is 0.307 e. The van der Waals surface area contributed by atoms with Crippen LogP contribution in [0.15, 0.2) is 48.7 Å². The molecule has 194 valence electrons. The number of fused-ring (bicyclic) bond motifs is 3. The number of aryl methyl sites for hydroxylation is 3. The molecule has 1 aromatic heterocycles. The van der Waals surface area contributed by atoms with Crippen LogP contribution in [-0.2, 0) is 34.1 Å². The number of unbranched alkanes of at least 4 members (excludes halogenated alkanes) is 1. The molecule has 1 heterocycles. The number of carbonyl (C=O) groups is 1. The zero-order valence-electron chi connectivity index (χ0n) is 21.5. The smallest absolute Gasteiger partial charge is 0.307 e. The van der Waals surface area contributed by atoms with Gasteiger partial charge in [0.05, 0.1) is 5.92 Å². The lowest BCUT2D eigenvalue weighted by Crippen LogP contribution is -2.06. The Balaban J connectivity index is 1.23. The fraction of sp³-hybridized carbons (Fsp3) is 0.400. The molecule has 1 saturated carbocycles. The number of aliphatic carboxylic acids is 1. The Hall–Kier alpha value is -3.19. The Morgan fingerprint density at radius 3 is 2.54 bits per heavy atom. The Bertz CT molecular complexity index is 1440. The van der Waals surface area contributed by atoms with Gasteiger partial charge in [0.25, 0.3) is 0 Å². The number of hydrogen-bond donors (Lipinski definition) is 1. The summed E-state index contributed by atoms with van der Waals surface area (Å²) < 4.78 is 28.8. The third kappa shape index (κ3) is 5.57. The Kier molecular flexibility index (Phi) is 6.84. The molecule has 0 radical (unpaired) electrons. The summed E-state index contributed by atoms with van der Waals surface area (Å²) in [5.74, 6) is 0.202. The number of ether oxygens (including phenoxy) is 1. The van der Waals surface area contributed by atoms with Crippen molar-refractivity contribution in [3.05, 3.63) is 82.0 Å². The third-order valence-electron chi connectivity index (χ3n) is 7.69. The van der Waals surface area contributed by atoms with Gasteiger partial charge in [-0.1, -0.05) is 30.3 Å². The molecule has 2 aliphatic carbocycles. The van der Waals surface area contributed by atoms with Crippen LogP contribution in [0, 0.1) is 25.7 Å². The minimum Gasteiger partial charge on any atom is -0.481 e. The molecule has 0 bridgehead atoms. The maximum absolute atomic E-state index is 11.4. The minimum atomic E-state index is -2.91. The highest BCUT2D eigenvalue weighted by atomic mass is 32.2. The van der Waals surface area contributed by atoms with Crippen LogP contribution in [-0.4, -0.2) is 36.5 Å². The largest absolute Gasteiger partial charge is 0.481 e. The molecule has 1 fully saturated rings. The Morgan fingerprint density at radius 2 is 1.84 bits per heavy atom. The lowest BCUT2D eigenvalue weighted by Gasteiger charge is -2.15. The van der Waals surface area contributed by atoms with Crippen LogP contribution in [0.25, 0.3) is 11.1 Å². The van der Waals surface area contributed by atoms with Crippen molar-refractivity contribution in [2.75, 3.05) is 12.0 Å². The number of pyridine rings is 1. The SMILES string of the molecule is Cc1cc(CCCCS(C)(=O)=O)cc(C)c1-c1cccc(COc2cc3c(cn2)[C@H]2[C@@H](C3)[C@@H]2C(=O)O)c1. The summed E-state index contributed by atoms with van der Waals surface area (Å²) in [4.78, 5) is 15.8. The van der Waals surface area contributed by atoms with Crippen LogP contribution in [0.3, 0.4) is 0 Å². The van der Waals surface area contributed by atoms with Crippen molar-refractivity contribution in [1.29, 1.82) is 0 Å². The molecule has 2 aromatic carbocycles. The van der Waals surface area contributed by atoms with E-state index in [1.54, 1.807) is 6.20 Å². The van der Waals surface area contributed by atoms with Gasteiger partial charge in [-0.25, -0.2) is 13.4 Å². The average molecular weight is 520 g/mol. The second-order valence-electron chi connectivity index (χ2n) is 10.7. The quantitative estimate of drug-likeness (QED) is 0.366. The van der Waals surface area contributed by atoms with E-state index in [-0.39, 0.29) is 23.5 Å². The van der Waals surface area contributed by atoms with Gasteiger partial charge < -0.3 is 9.84 Å². The molecule has 0 aliphatic heterocycles. The van der Waals surface area contributed by atoms with Gasteiger partial charge in [0.2, 0.25) is 5.88 Å². The zero-order valence-corrected chi connectivity index (χ0v) is 22.3. The normalized spacial score (nSPS) is 19.8. The molecular formula is C30H33NO5S. The molecule has 0 unspecified atom stereocenters. The van der Waals surface area contributed by atoms with Gasteiger partial charge in [0.1, 0.15) is 16.4 Å². The van der Waals surface area contributed by atoms with Crippen molar-refractivity contribution in [3.63, 3.8) is 0 Å². The van der Waals surface area contributed by atoms with E-state index in [0.717, 1.165) is 41.5 Å². The van der Waals surface area contributed by atoms with Gasteiger partial charge in [0, 0.05) is 30.2 Å². The van der Waals surface area contributed by atoms with E-state index in [2.05, 4.69) is 43.1 Å². The lowest BCUT2D eigenvalue weighted by atomic mass is 9.91. The summed E-state index contributed by atoms with van der Waals surface area (Å²) >= 11 is 0. The minimum absolute atomic E-state index is 0.121. The second-order valence-corrected chi connectivity index (χ2v) is 12.9. The number of sulfone groups is 1. The van der Waals surface area contributed by atoms with E-state index in [4.69, 9.17) is 4.74 Å². The van der Waals surface area contributed by atoms with E-state index in [1.165, 1.54) is 28.5 Å². The molecule has 6 nitrogen and oxygen atoms in total. The summed E-state index contributed by atoms with van der Waals surface area (Å²) in [7, 11) is -2.91. The van der Waals surface area contributed by atoms with Gasteiger partial charge >= 0.3 is 5.97 Å². The molecule has 0 spiro atoms. The van der Waals surface area contributed by atoms with E-state index in [9.17, 15) is 18.3 Å². The summed E-state index contributed by atoms with van der Waals surface area (Å²) in [6, 6.07) is 14.7. The van der Waals surface area contributed by atoms with Crippen molar-refractivity contribution in [1.82, 2.24) is 4.98 Å². The van der Waals surface area contributed by atoms with Crippen molar-refractivity contribution in [2.45, 2.75) is 52.1 Å².